The first kappa shape index (κ1) is 19.2. The first-order valence-corrected chi connectivity index (χ1v) is 9.82. The molecule has 7 nitrogen and oxygen atoms in total. The highest BCUT2D eigenvalue weighted by molar-refractivity contribution is 5.96. The molecule has 0 unspecified atom stereocenters. The molecule has 0 fully saturated rings. The highest BCUT2D eigenvalue weighted by Crippen LogP contribution is 2.27. The Morgan fingerprint density at radius 1 is 1.22 bits per heavy atom. The Kier molecular flexibility index (Phi) is 5.98. The SMILES string of the molecule is CCCCNC(=O)[C@H](CC(C)C)NC(=O)N1CCn2c1nc1ccccc12. The Morgan fingerprint density at radius 2 is 2.00 bits per heavy atom. The summed E-state index contributed by atoms with van der Waals surface area (Å²) in [6, 6.07) is 7.07. The van der Waals surface area contributed by atoms with Gasteiger partial charge in [0.1, 0.15) is 6.04 Å². The summed E-state index contributed by atoms with van der Waals surface area (Å²) >= 11 is 0. The number of carbonyl (C=O) groups excluding carboxylic acids is 2. The van der Waals surface area contributed by atoms with Crippen LogP contribution < -0.4 is 15.5 Å². The number of aromatic nitrogens is 2. The lowest BCUT2D eigenvalue weighted by molar-refractivity contribution is -0.123. The van der Waals surface area contributed by atoms with E-state index in [-0.39, 0.29) is 11.9 Å². The third-order valence-electron chi connectivity index (χ3n) is 4.82. The highest BCUT2D eigenvalue weighted by Gasteiger charge is 2.31. The molecule has 146 valence electrons. The van der Waals surface area contributed by atoms with Crippen LogP contribution in [0.15, 0.2) is 24.3 Å². The third kappa shape index (κ3) is 4.23. The Labute approximate surface area is 160 Å². The Balaban J connectivity index is 1.72. The fraction of sp³-hybridized carbons (Fsp3) is 0.550. The monoisotopic (exact) mass is 371 g/mol. The van der Waals surface area contributed by atoms with E-state index >= 15 is 0 Å². The third-order valence-corrected chi connectivity index (χ3v) is 4.82. The number of amides is 3. The van der Waals surface area contributed by atoms with Crippen molar-refractivity contribution in [3.63, 3.8) is 0 Å². The topological polar surface area (TPSA) is 79.3 Å². The molecule has 0 saturated heterocycles. The second-order valence-electron chi connectivity index (χ2n) is 7.48. The van der Waals surface area contributed by atoms with Crippen LogP contribution in [-0.4, -0.2) is 40.6 Å². The molecule has 0 spiro atoms. The largest absolute Gasteiger partial charge is 0.354 e. The van der Waals surface area contributed by atoms with Gasteiger partial charge in [-0.2, -0.15) is 0 Å². The van der Waals surface area contributed by atoms with Gasteiger partial charge in [0.2, 0.25) is 11.9 Å². The lowest BCUT2D eigenvalue weighted by atomic mass is 10.0. The van der Waals surface area contributed by atoms with Crippen molar-refractivity contribution in [2.24, 2.45) is 5.92 Å². The van der Waals surface area contributed by atoms with Crippen LogP contribution in [-0.2, 0) is 11.3 Å². The maximum Gasteiger partial charge on any atom is 0.324 e. The molecule has 0 radical (unpaired) electrons. The smallest absolute Gasteiger partial charge is 0.324 e. The van der Waals surface area contributed by atoms with Gasteiger partial charge in [0.15, 0.2) is 0 Å². The molecule has 27 heavy (non-hydrogen) atoms. The molecule has 0 saturated carbocycles. The number of hydrogen-bond donors (Lipinski definition) is 2. The molecule has 7 heteroatoms. The summed E-state index contributed by atoms with van der Waals surface area (Å²) in [4.78, 5) is 31.6. The standard InChI is InChI=1S/C20H29N5O2/c1-4-5-10-21-18(26)16(13-14(2)3)23-20(27)25-12-11-24-17-9-7-6-8-15(17)22-19(24)25/h6-9,14,16H,4-5,10-13H2,1-3H3,(H,21,26)(H,23,27)/t16-/m0/s1. The number of imidazole rings is 1. The average Bonchev–Trinajstić information content (AvgIpc) is 3.19. The molecule has 1 aliphatic rings. The molecule has 2 aromatic rings. The summed E-state index contributed by atoms with van der Waals surface area (Å²) in [5.41, 5.74) is 1.90. The van der Waals surface area contributed by atoms with Gasteiger partial charge in [0, 0.05) is 19.6 Å². The number of urea groups is 1. The first-order valence-electron chi connectivity index (χ1n) is 9.82. The van der Waals surface area contributed by atoms with Gasteiger partial charge in [-0.25, -0.2) is 9.78 Å². The molecule has 2 heterocycles. The Hall–Kier alpha value is -2.57. The van der Waals surface area contributed by atoms with Crippen LogP contribution in [0.3, 0.4) is 0 Å². The second-order valence-corrected chi connectivity index (χ2v) is 7.48. The van der Waals surface area contributed by atoms with Crippen molar-refractivity contribution >= 4 is 28.9 Å². The molecule has 2 N–H and O–H groups in total. The average molecular weight is 371 g/mol. The number of unbranched alkanes of at least 4 members (excludes halogenated alkanes) is 1. The molecule has 1 aromatic carbocycles. The summed E-state index contributed by atoms with van der Waals surface area (Å²) in [6.07, 6.45) is 2.56. The molecule has 0 aliphatic carbocycles. The number of fused-ring (bicyclic) bond motifs is 3. The van der Waals surface area contributed by atoms with Crippen molar-refractivity contribution in [3.05, 3.63) is 24.3 Å². The summed E-state index contributed by atoms with van der Waals surface area (Å²) in [5.74, 6) is 0.831. The Morgan fingerprint density at radius 3 is 2.74 bits per heavy atom. The van der Waals surface area contributed by atoms with Crippen LogP contribution in [0, 0.1) is 5.92 Å². The van der Waals surface area contributed by atoms with Crippen LogP contribution >= 0.6 is 0 Å². The summed E-state index contributed by atoms with van der Waals surface area (Å²) < 4.78 is 2.05. The molecule has 1 atom stereocenters. The van der Waals surface area contributed by atoms with Gasteiger partial charge in [0.05, 0.1) is 11.0 Å². The van der Waals surface area contributed by atoms with Crippen molar-refractivity contribution in [3.8, 4) is 0 Å². The molecule has 3 rings (SSSR count). The van der Waals surface area contributed by atoms with Gasteiger partial charge in [-0.1, -0.05) is 39.3 Å². The highest BCUT2D eigenvalue weighted by atomic mass is 16.2. The number of rotatable bonds is 7. The lowest BCUT2D eigenvalue weighted by Crippen LogP contribution is -2.51. The zero-order chi connectivity index (χ0) is 19.4. The molecule has 3 amide bonds. The van der Waals surface area contributed by atoms with E-state index in [1.165, 1.54) is 0 Å². The van der Waals surface area contributed by atoms with E-state index in [2.05, 4.69) is 22.5 Å². The number of nitrogens with zero attached hydrogens (tertiary/aromatic N) is 3. The van der Waals surface area contributed by atoms with E-state index in [0.717, 1.165) is 23.9 Å². The summed E-state index contributed by atoms with van der Waals surface area (Å²) in [6.45, 7) is 8.09. The van der Waals surface area contributed by atoms with Gasteiger partial charge in [0.25, 0.3) is 0 Å². The van der Waals surface area contributed by atoms with Crippen molar-refractivity contribution in [2.45, 2.75) is 52.6 Å². The number of carbonyl (C=O) groups is 2. The van der Waals surface area contributed by atoms with E-state index in [1.807, 2.05) is 42.7 Å². The maximum atomic E-state index is 12.9. The molecular weight excluding hydrogens is 342 g/mol. The first-order chi connectivity index (χ1) is 13.0. The second kappa shape index (κ2) is 8.41. The van der Waals surface area contributed by atoms with Crippen molar-refractivity contribution < 1.29 is 9.59 Å². The lowest BCUT2D eigenvalue weighted by Gasteiger charge is -2.23. The molecule has 1 aromatic heterocycles. The zero-order valence-corrected chi connectivity index (χ0v) is 16.4. The minimum atomic E-state index is -0.534. The molecule has 1 aliphatic heterocycles. The maximum absolute atomic E-state index is 12.9. The minimum absolute atomic E-state index is 0.113. The number of anilines is 1. The number of benzene rings is 1. The quantitative estimate of drug-likeness (QED) is 0.735. The van der Waals surface area contributed by atoms with Crippen molar-refractivity contribution in [1.29, 1.82) is 0 Å². The van der Waals surface area contributed by atoms with E-state index in [0.29, 0.717) is 37.9 Å². The Bertz CT molecular complexity index is 814. The minimum Gasteiger partial charge on any atom is -0.354 e. The molecule has 0 bridgehead atoms. The van der Waals surface area contributed by atoms with E-state index in [9.17, 15) is 9.59 Å². The van der Waals surface area contributed by atoms with E-state index in [4.69, 9.17) is 0 Å². The summed E-state index contributed by atoms with van der Waals surface area (Å²) in [7, 11) is 0. The zero-order valence-electron chi connectivity index (χ0n) is 16.4. The van der Waals surface area contributed by atoms with Crippen LogP contribution in [0.1, 0.15) is 40.0 Å². The van der Waals surface area contributed by atoms with Crippen molar-refractivity contribution in [1.82, 2.24) is 20.2 Å². The van der Waals surface area contributed by atoms with E-state index < -0.39 is 6.04 Å². The fourth-order valence-electron chi connectivity index (χ4n) is 3.42. The normalized spacial score (nSPS) is 14.4. The van der Waals surface area contributed by atoms with Gasteiger partial charge in [-0.3, -0.25) is 9.69 Å². The van der Waals surface area contributed by atoms with Crippen molar-refractivity contribution in [2.75, 3.05) is 18.0 Å². The number of nitrogens with one attached hydrogen (secondary N) is 2. The molecular formula is C20H29N5O2. The number of hydrogen-bond acceptors (Lipinski definition) is 3. The fourth-order valence-corrected chi connectivity index (χ4v) is 3.42. The summed E-state index contributed by atoms with van der Waals surface area (Å²) in [5, 5.41) is 5.86. The van der Waals surface area contributed by atoms with Crippen LogP contribution in [0.5, 0.6) is 0 Å². The number of para-hydroxylation sites is 2. The van der Waals surface area contributed by atoms with Gasteiger partial charge < -0.3 is 15.2 Å². The van der Waals surface area contributed by atoms with Gasteiger partial charge in [-0.15, -0.1) is 0 Å². The van der Waals surface area contributed by atoms with Crippen LogP contribution in [0.2, 0.25) is 0 Å². The predicted molar refractivity (Wildman–Crippen MR) is 107 cm³/mol. The van der Waals surface area contributed by atoms with Gasteiger partial charge in [-0.05, 0) is 30.9 Å². The van der Waals surface area contributed by atoms with Gasteiger partial charge >= 0.3 is 6.03 Å². The predicted octanol–water partition coefficient (Wildman–Crippen LogP) is 2.90. The van der Waals surface area contributed by atoms with Crippen LogP contribution in [0.4, 0.5) is 10.7 Å². The van der Waals surface area contributed by atoms with E-state index in [1.54, 1.807) is 4.90 Å². The van der Waals surface area contributed by atoms with Crippen LogP contribution in [0.25, 0.3) is 11.0 Å².